The molecule has 0 spiro atoms. The van der Waals surface area contributed by atoms with Gasteiger partial charge in [0.05, 0.1) is 0 Å². The van der Waals surface area contributed by atoms with E-state index in [2.05, 4.69) is 0 Å². The molecule has 1 aromatic rings. The van der Waals surface area contributed by atoms with Crippen LogP contribution in [0.1, 0.15) is 5.56 Å². The van der Waals surface area contributed by atoms with Crippen LogP contribution < -0.4 is 0 Å². The molecule has 0 atom stereocenters. The molecular formula is C9H8O2Y. The number of benzene rings is 1. The van der Waals surface area contributed by atoms with Crippen LogP contribution >= 0.6 is 0 Å². The topological polar surface area (TPSA) is 37.3 Å². The number of carboxylic acid groups (broad SMARTS) is 1. The van der Waals surface area contributed by atoms with Gasteiger partial charge >= 0.3 is 5.97 Å². The molecule has 1 rings (SSSR count). The Balaban J connectivity index is 0.00000121. The first-order chi connectivity index (χ1) is 5.29. The van der Waals surface area contributed by atoms with Crippen LogP contribution in [0.25, 0.3) is 6.08 Å². The van der Waals surface area contributed by atoms with Gasteiger partial charge in [-0.25, -0.2) is 4.79 Å². The minimum atomic E-state index is -0.922. The molecule has 0 aliphatic rings. The number of hydrogen-bond donors (Lipinski definition) is 1. The maximum atomic E-state index is 10.1. The molecule has 0 aliphatic heterocycles. The number of aliphatic carboxylic acids is 1. The summed E-state index contributed by atoms with van der Waals surface area (Å²) in [7, 11) is 0. The molecule has 0 amide bonds. The molecule has 0 saturated heterocycles. The monoisotopic (exact) mass is 237 g/mol. The number of carboxylic acids is 1. The first-order valence-corrected chi connectivity index (χ1v) is 3.25. The Hall–Kier alpha value is -0.466. The van der Waals surface area contributed by atoms with Crippen molar-refractivity contribution in [1.29, 1.82) is 0 Å². The Morgan fingerprint density at radius 1 is 1.25 bits per heavy atom. The summed E-state index contributed by atoms with van der Waals surface area (Å²) in [4.78, 5) is 10.1. The number of carbonyl (C=O) groups is 1. The second-order valence-electron chi connectivity index (χ2n) is 2.08. The molecule has 3 heteroatoms. The van der Waals surface area contributed by atoms with Crippen molar-refractivity contribution in [3.05, 3.63) is 42.0 Å². The molecule has 0 unspecified atom stereocenters. The first kappa shape index (κ1) is 11.5. The van der Waals surface area contributed by atoms with Crippen LogP contribution in [0.5, 0.6) is 0 Å². The predicted molar refractivity (Wildman–Crippen MR) is 43.1 cm³/mol. The van der Waals surface area contributed by atoms with E-state index in [0.29, 0.717) is 0 Å². The fourth-order valence-corrected chi connectivity index (χ4v) is 0.732. The number of rotatable bonds is 2. The Kier molecular flexibility index (Phi) is 5.86. The summed E-state index contributed by atoms with van der Waals surface area (Å²) >= 11 is 0. The van der Waals surface area contributed by atoms with Crippen molar-refractivity contribution >= 4 is 12.0 Å². The normalized spacial score (nSPS) is 9.33. The van der Waals surface area contributed by atoms with E-state index >= 15 is 0 Å². The quantitative estimate of drug-likeness (QED) is 0.796. The molecule has 0 aromatic heterocycles. The van der Waals surface area contributed by atoms with Gasteiger partial charge in [-0.1, -0.05) is 30.3 Å². The summed E-state index contributed by atoms with van der Waals surface area (Å²) in [6.07, 6.45) is 2.68. The molecule has 0 aliphatic carbocycles. The van der Waals surface area contributed by atoms with E-state index in [4.69, 9.17) is 5.11 Å². The molecule has 0 fully saturated rings. The van der Waals surface area contributed by atoms with E-state index < -0.39 is 5.97 Å². The largest absolute Gasteiger partial charge is 0.478 e. The second kappa shape index (κ2) is 6.09. The third-order valence-electron chi connectivity index (χ3n) is 1.22. The Morgan fingerprint density at radius 2 is 1.83 bits per heavy atom. The molecule has 1 radical (unpaired) electrons. The van der Waals surface area contributed by atoms with Crippen LogP contribution in [-0.4, -0.2) is 11.1 Å². The van der Waals surface area contributed by atoms with Gasteiger partial charge < -0.3 is 5.11 Å². The summed E-state index contributed by atoms with van der Waals surface area (Å²) in [6, 6.07) is 9.31. The molecule has 0 bridgehead atoms. The minimum Gasteiger partial charge on any atom is -0.478 e. The van der Waals surface area contributed by atoms with Crippen molar-refractivity contribution in [3.63, 3.8) is 0 Å². The van der Waals surface area contributed by atoms with Gasteiger partial charge in [0.15, 0.2) is 0 Å². The SMILES string of the molecule is O=C(O)C=Cc1ccccc1.[Y]. The van der Waals surface area contributed by atoms with Gasteiger partial charge in [0, 0.05) is 38.8 Å². The van der Waals surface area contributed by atoms with Crippen molar-refractivity contribution in [2.24, 2.45) is 0 Å². The van der Waals surface area contributed by atoms with E-state index in [1.165, 1.54) is 0 Å². The van der Waals surface area contributed by atoms with Crippen LogP contribution in [0.15, 0.2) is 36.4 Å². The van der Waals surface area contributed by atoms with E-state index in [1.807, 2.05) is 30.3 Å². The second-order valence-corrected chi connectivity index (χ2v) is 2.08. The van der Waals surface area contributed by atoms with Crippen molar-refractivity contribution < 1.29 is 42.6 Å². The van der Waals surface area contributed by atoms with E-state index in [9.17, 15) is 4.79 Å². The molecule has 0 heterocycles. The zero-order chi connectivity index (χ0) is 8.10. The van der Waals surface area contributed by atoms with Crippen LogP contribution in [0.2, 0.25) is 0 Å². The summed E-state index contributed by atoms with van der Waals surface area (Å²) in [5.74, 6) is -0.922. The van der Waals surface area contributed by atoms with Crippen LogP contribution in [0.4, 0.5) is 0 Å². The minimum absolute atomic E-state index is 0. The average molecular weight is 237 g/mol. The van der Waals surface area contributed by atoms with Gasteiger partial charge in [-0.3, -0.25) is 0 Å². The van der Waals surface area contributed by atoms with Crippen molar-refractivity contribution in [2.75, 3.05) is 0 Å². The van der Waals surface area contributed by atoms with Gasteiger partial charge in [0.1, 0.15) is 0 Å². The predicted octanol–water partition coefficient (Wildman–Crippen LogP) is 1.78. The third-order valence-corrected chi connectivity index (χ3v) is 1.22. The van der Waals surface area contributed by atoms with Gasteiger partial charge in [-0.15, -0.1) is 0 Å². The van der Waals surface area contributed by atoms with Gasteiger partial charge in [-0.2, -0.15) is 0 Å². The summed E-state index contributed by atoms with van der Waals surface area (Å²) in [5.41, 5.74) is 0.898. The molecule has 59 valence electrons. The van der Waals surface area contributed by atoms with E-state index in [0.717, 1.165) is 11.6 Å². The van der Waals surface area contributed by atoms with E-state index in [1.54, 1.807) is 6.08 Å². The van der Waals surface area contributed by atoms with Crippen LogP contribution in [0, 0.1) is 0 Å². The standard InChI is InChI=1S/C9H8O2.Y/c10-9(11)7-6-8-4-2-1-3-5-8;/h1-7H,(H,10,11);. The van der Waals surface area contributed by atoms with Gasteiger partial charge in [-0.05, 0) is 11.6 Å². The molecule has 2 nitrogen and oxygen atoms in total. The summed E-state index contributed by atoms with van der Waals surface area (Å²) in [5, 5.41) is 8.29. The fraction of sp³-hybridized carbons (Fsp3) is 0. The summed E-state index contributed by atoms with van der Waals surface area (Å²) in [6.45, 7) is 0. The molecule has 1 aromatic carbocycles. The third kappa shape index (κ3) is 4.42. The van der Waals surface area contributed by atoms with Gasteiger partial charge in [0.25, 0.3) is 0 Å². The fourth-order valence-electron chi connectivity index (χ4n) is 0.732. The van der Waals surface area contributed by atoms with Crippen molar-refractivity contribution in [2.45, 2.75) is 0 Å². The maximum Gasteiger partial charge on any atom is 0.328 e. The van der Waals surface area contributed by atoms with Gasteiger partial charge in [0.2, 0.25) is 0 Å². The zero-order valence-electron chi connectivity index (χ0n) is 6.47. The van der Waals surface area contributed by atoms with Crippen LogP contribution in [-0.2, 0) is 37.5 Å². The molecule has 1 N–H and O–H groups in total. The zero-order valence-corrected chi connectivity index (χ0v) is 9.31. The smallest absolute Gasteiger partial charge is 0.328 e. The Labute approximate surface area is 96.2 Å². The summed E-state index contributed by atoms with van der Waals surface area (Å²) < 4.78 is 0. The Morgan fingerprint density at radius 3 is 2.33 bits per heavy atom. The number of hydrogen-bond acceptors (Lipinski definition) is 1. The van der Waals surface area contributed by atoms with E-state index in [-0.39, 0.29) is 32.7 Å². The van der Waals surface area contributed by atoms with Crippen molar-refractivity contribution in [3.8, 4) is 0 Å². The maximum absolute atomic E-state index is 10.1. The first-order valence-electron chi connectivity index (χ1n) is 3.25. The van der Waals surface area contributed by atoms with Crippen LogP contribution in [0.3, 0.4) is 0 Å². The molecular weight excluding hydrogens is 229 g/mol. The molecule has 0 saturated carbocycles. The average Bonchev–Trinajstić information content (AvgIpc) is 2.03. The van der Waals surface area contributed by atoms with Crippen molar-refractivity contribution in [1.82, 2.24) is 0 Å². The Bertz CT molecular complexity index is 267. The molecule has 12 heavy (non-hydrogen) atoms.